The molecule has 26 heavy (non-hydrogen) atoms. The number of amides is 3. The Bertz CT molecular complexity index is 823. The van der Waals surface area contributed by atoms with E-state index in [0.29, 0.717) is 12.4 Å². The van der Waals surface area contributed by atoms with Crippen molar-refractivity contribution in [2.75, 3.05) is 6.54 Å². The monoisotopic (exact) mass is 373 g/mol. The second-order valence-electron chi connectivity index (χ2n) is 6.12. The first-order valence-electron chi connectivity index (χ1n) is 8.20. The molecule has 1 aromatic carbocycles. The Kier molecular flexibility index (Phi) is 5.27. The van der Waals surface area contributed by atoms with Crippen LogP contribution in [0.1, 0.15) is 40.6 Å². The molecule has 2 unspecified atom stereocenters. The fourth-order valence-electron chi connectivity index (χ4n) is 2.86. The molecule has 0 aliphatic carbocycles. The highest BCUT2D eigenvalue weighted by atomic mass is 32.1. The van der Waals surface area contributed by atoms with Crippen molar-refractivity contribution in [2.24, 2.45) is 5.92 Å². The lowest BCUT2D eigenvalue weighted by Crippen LogP contribution is -2.45. The van der Waals surface area contributed by atoms with Crippen molar-refractivity contribution in [1.82, 2.24) is 25.1 Å². The van der Waals surface area contributed by atoms with E-state index in [9.17, 15) is 14.4 Å². The summed E-state index contributed by atoms with van der Waals surface area (Å²) in [7, 11) is 0. The van der Waals surface area contributed by atoms with Crippen LogP contribution in [0.2, 0.25) is 0 Å². The molecule has 3 amide bonds. The van der Waals surface area contributed by atoms with Crippen molar-refractivity contribution in [3.05, 3.63) is 46.7 Å². The Morgan fingerprint density at radius 3 is 2.65 bits per heavy atom. The van der Waals surface area contributed by atoms with Gasteiger partial charge in [-0.3, -0.25) is 25.2 Å². The fraction of sp³-hybridized carbons (Fsp3) is 0.353. The minimum Gasteiger partial charge on any atom is -0.335 e. The van der Waals surface area contributed by atoms with Crippen LogP contribution in [0.5, 0.6) is 0 Å². The minimum atomic E-state index is -0.525. The third kappa shape index (κ3) is 3.88. The third-order valence-corrected chi connectivity index (χ3v) is 5.10. The first-order valence-corrected chi connectivity index (χ1v) is 8.98. The van der Waals surface area contributed by atoms with Crippen LogP contribution < -0.4 is 10.9 Å². The Morgan fingerprint density at radius 2 is 2.00 bits per heavy atom. The molecule has 136 valence electrons. The number of benzene rings is 1. The van der Waals surface area contributed by atoms with Crippen molar-refractivity contribution in [3.63, 3.8) is 0 Å². The Hall–Kier alpha value is -2.81. The summed E-state index contributed by atoms with van der Waals surface area (Å²) in [5.74, 6) is -1.01. The van der Waals surface area contributed by atoms with Gasteiger partial charge in [0.25, 0.3) is 5.91 Å². The number of hydrogen-bond donors (Lipinski definition) is 2. The summed E-state index contributed by atoms with van der Waals surface area (Å²) in [5.41, 5.74) is 5.71. The van der Waals surface area contributed by atoms with Gasteiger partial charge in [0.1, 0.15) is 5.82 Å². The Labute approximate surface area is 154 Å². The normalized spacial score (nSPS) is 17.8. The van der Waals surface area contributed by atoms with Crippen LogP contribution in [-0.2, 0) is 9.59 Å². The van der Waals surface area contributed by atoms with Crippen molar-refractivity contribution in [2.45, 2.75) is 26.3 Å². The molecule has 0 radical (unpaired) electrons. The van der Waals surface area contributed by atoms with E-state index in [1.807, 2.05) is 37.3 Å². The van der Waals surface area contributed by atoms with Crippen LogP contribution in [0.4, 0.5) is 0 Å². The zero-order chi connectivity index (χ0) is 18.7. The van der Waals surface area contributed by atoms with Crippen molar-refractivity contribution in [3.8, 4) is 0 Å². The minimum absolute atomic E-state index is 0.0763. The number of likely N-dealkylation sites (tertiary alicyclic amines) is 1. The number of aryl methyl sites for hydroxylation is 1. The van der Waals surface area contributed by atoms with Crippen molar-refractivity contribution < 1.29 is 14.4 Å². The standard InChI is InChI=1S/C17H19N5O3S/c1-10(12-6-4-3-5-7-12)22-9-13(8-14(22)23)15(24)19-20-16(25)17-18-11(2)21-26-17/h3-7,10,13H,8-9H2,1-2H3,(H,19,24)(H,20,25). The number of nitrogens with zero attached hydrogens (tertiary/aromatic N) is 3. The second kappa shape index (κ2) is 7.61. The Morgan fingerprint density at radius 1 is 1.27 bits per heavy atom. The van der Waals surface area contributed by atoms with E-state index < -0.39 is 17.7 Å². The molecule has 0 saturated carbocycles. The number of carbonyl (C=O) groups is 3. The lowest BCUT2D eigenvalue weighted by atomic mass is 10.1. The first kappa shape index (κ1) is 18.0. The molecule has 2 aromatic rings. The Balaban J connectivity index is 1.56. The fourth-order valence-corrected chi connectivity index (χ4v) is 3.42. The average molecular weight is 373 g/mol. The van der Waals surface area contributed by atoms with E-state index in [4.69, 9.17) is 0 Å². The predicted molar refractivity (Wildman–Crippen MR) is 94.9 cm³/mol. The molecular formula is C17H19N5O3S. The maximum absolute atomic E-state index is 12.3. The highest BCUT2D eigenvalue weighted by molar-refractivity contribution is 7.07. The van der Waals surface area contributed by atoms with Gasteiger partial charge in [-0.15, -0.1) is 0 Å². The topological polar surface area (TPSA) is 104 Å². The average Bonchev–Trinajstić information content (AvgIpc) is 3.25. The number of nitrogens with one attached hydrogen (secondary N) is 2. The zero-order valence-corrected chi connectivity index (χ0v) is 15.2. The van der Waals surface area contributed by atoms with Gasteiger partial charge in [0.05, 0.1) is 12.0 Å². The molecule has 1 aliphatic rings. The molecule has 8 nitrogen and oxygen atoms in total. The van der Waals surface area contributed by atoms with Gasteiger partial charge >= 0.3 is 0 Å². The molecule has 1 aromatic heterocycles. The van der Waals surface area contributed by atoms with E-state index in [0.717, 1.165) is 17.1 Å². The maximum Gasteiger partial charge on any atom is 0.300 e. The molecule has 1 saturated heterocycles. The maximum atomic E-state index is 12.3. The van der Waals surface area contributed by atoms with Crippen LogP contribution in [0.3, 0.4) is 0 Å². The zero-order valence-electron chi connectivity index (χ0n) is 14.4. The predicted octanol–water partition coefficient (Wildman–Crippen LogP) is 1.22. The van der Waals surface area contributed by atoms with Gasteiger partial charge in [0.15, 0.2) is 0 Å². The molecule has 2 N–H and O–H groups in total. The number of hydrogen-bond acceptors (Lipinski definition) is 6. The smallest absolute Gasteiger partial charge is 0.300 e. The SMILES string of the molecule is Cc1nsc(C(=O)NNC(=O)C2CC(=O)N(C(C)c3ccccc3)C2)n1. The summed E-state index contributed by atoms with van der Waals surface area (Å²) >= 11 is 0.957. The second-order valence-corrected chi connectivity index (χ2v) is 6.88. The molecule has 3 rings (SSSR count). The van der Waals surface area contributed by atoms with Gasteiger partial charge in [0.2, 0.25) is 16.8 Å². The highest BCUT2D eigenvalue weighted by Gasteiger charge is 2.37. The van der Waals surface area contributed by atoms with Gasteiger partial charge in [-0.05, 0) is 30.9 Å². The molecule has 1 fully saturated rings. The summed E-state index contributed by atoms with van der Waals surface area (Å²) in [4.78, 5) is 42.2. The summed E-state index contributed by atoms with van der Waals surface area (Å²) in [6, 6.07) is 9.55. The van der Waals surface area contributed by atoms with E-state index in [-0.39, 0.29) is 23.4 Å². The largest absolute Gasteiger partial charge is 0.335 e. The number of carbonyl (C=O) groups excluding carboxylic acids is 3. The van der Waals surface area contributed by atoms with Crippen molar-refractivity contribution >= 4 is 29.3 Å². The van der Waals surface area contributed by atoms with Crippen LogP contribution in [0, 0.1) is 12.8 Å². The number of aromatic nitrogens is 2. The highest BCUT2D eigenvalue weighted by Crippen LogP contribution is 2.28. The van der Waals surface area contributed by atoms with Crippen LogP contribution in [0.15, 0.2) is 30.3 Å². The summed E-state index contributed by atoms with van der Waals surface area (Å²) in [5, 5.41) is 0.171. The van der Waals surface area contributed by atoms with Crippen LogP contribution >= 0.6 is 11.5 Å². The van der Waals surface area contributed by atoms with Gasteiger partial charge in [-0.2, -0.15) is 4.37 Å². The molecule has 0 spiro atoms. The lowest BCUT2D eigenvalue weighted by molar-refractivity contribution is -0.130. The van der Waals surface area contributed by atoms with E-state index in [1.54, 1.807) is 11.8 Å². The first-order chi connectivity index (χ1) is 12.5. The van der Waals surface area contributed by atoms with Crippen molar-refractivity contribution in [1.29, 1.82) is 0 Å². The van der Waals surface area contributed by atoms with Gasteiger partial charge in [-0.1, -0.05) is 30.3 Å². The summed E-state index contributed by atoms with van der Waals surface area (Å²) in [6.07, 6.45) is 0.122. The summed E-state index contributed by atoms with van der Waals surface area (Å²) in [6.45, 7) is 3.93. The quantitative estimate of drug-likeness (QED) is 0.784. The van der Waals surface area contributed by atoms with Gasteiger partial charge < -0.3 is 4.90 Å². The van der Waals surface area contributed by atoms with E-state index in [1.165, 1.54) is 0 Å². The van der Waals surface area contributed by atoms with Gasteiger partial charge in [-0.25, -0.2) is 4.98 Å². The molecule has 1 aliphatic heterocycles. The van der Waals surface area contributed by atoms with E-state index in [2.05, 4.69) is 20.2 Å². The van der Waals surface area contributed by atoms with Gasteiger partial charge in [0, 0.05) is 13.0 Å². The number of rotatable bonds is 4. The van der Waals surface area contributed by atoms with E-state index >= 15 is 0 Å². The van der Waals surface area contributed by atoms with Crippen LogP contribution in [0.25, 0.3) is 0 Å². The molecule has 9 heteroatoms. The molecule has 2 heterocycles. The summed E-state index contributed by atoms with van der Waals surface area (Å²) < 4.78 is 3.92. The molecular weight excluding hydrogens is 354 g/mol. The molecule has 2 atom stereocenters. The number of hydrazine groups is 1. The molecule has 0 bridgehead atoms. The van der Waals surface area contributed by atoms with Crippen LogP contribution in [-0.4, -0.2) is 38.5 Å². The third-order valence-electron chi connectivity index (χ3n) is 4.30. The lowest BCUT2D eigenvalue weighted by Gasteiger charge is -2.25.